The smallest absolute Gasteiger partial charge is 0.397 e. The van der Waals surface area contributed by atoms with Crippen LogP contribution in [0.25, 0.3) is 0 Å². The molecule has 474 valence electrons. The predicted octanol–water partition coefficient (Wildman–Crippen LogP) is -7.91. The summed E-state index contributed by atoms with van der Waals surface area (Å²) in [6, 6.07) is -3.48. The minimum Gasteiger partial charge on any atom is -0.479 e. The second-order valence-electron chi connectivity index (χ2n) is 20.4. The molecule has 0 aromatic carbocycles. The molecule has 6 heterocycles. The van der Waals surface area contributed by atoms with E-state index in [1.807, 2.05) is 11.8 Å². The molecule has 6 amide bonds. The van der Waals surface area contributed by atoms with Crippen LogP contribution in [0.3, 0.4) is 0 Å². The van der Waals surface area contributed by atoms with Gasteiger partial charge >= 0.3 is 28.4 Å². The molecule has 17 N–H and O–H groups in total. The summed E-state index contributed by atoms with van der Waals surface area (Å²) in [7, 11) is -5.22. The zero-order valence-corrected chi connectivity index (χ0v) is 46.4. The van der Waals surface area contributed by atoms with Gasteiger partial charge in [0.15, 0.2) is 37.4 Å². The summed E-state index contributed by atoms with van der Waals surface area (Å²) in [6.07, 6.45) is -34.2. The Balaban J connectivity index is 1.05. The van der Waals surface area contributed by atoms with Gasteiger partial charge in [-0.05, 0) is 25.7 Å². The van der Waals surface area contributed by atoms with Crippen LogP contribution in [-0.2, 0) is 81.2 Å². The Hall–Kier alpha value is -4.33. The molecule has 6 rings (SSSR count). The van der Waals surface area contributed by atoms with Gasteiger partial charge in [0, 0.05) is 50.8 Å². The molecular formula is C46H74N6O29S2. The van der Waals surface area contributed by atoms with E-state index in [0.717, 1.165) is 32.4 Å². The summed E-state index contributed by atoms with van der Waals surface area (Å²) in [5.74, 6) is -5.18. The van der Waals surface area contributed by atoms with Crippen LogP contribution in [-0.4, -0.2) is 284 Å². The summed E-state index contributed by atoms with van der Waals surface area (Å²) in [6.45, 7) is -0.478. The van der Waals surface area contributed by atoms with E-state index >= 15 is 0 Å². The molecule has 6 fully saturated rings. The zero-order chi connectivity index (χ0) is 61.0. The lowest BCUT2D eigenvalue weighted by Gasteiger charge is -2.50. The highest BCUT2D eigenvalue weighted by Crippen LogP contribution is 2.36. The molecule has 0 aromatic rings. The largest absolute Gasteiger partial charge is 0.479 e. The minimum absolute atomic E-state index is 0.0791. The number of aliphatic carboxylic acids is 2. The van der Waals surface area contributed by atoms with E-state index in [0.29, 0.717) is 43.9 Å². The first-order chi connectivity index (χ1) is 39.2. The van der Waals surface area contributed by atoms with E-state index < -0.39 is 183 Å². The van der Waals surface area contributed by atoms with Crippen LogP contribution in [0.1, 0.15) is 65.2 Å². The lowest BCUT2D eigenvalue weighted by molar-refractivity contribution is -0.369. The van der Waals surface area contributed by atoms with Gasteiger partial charge in [0.2, 0.25) is 23.6 Å². The van der Waals surface area contributed by atoms with Crippen LogP contribution in [0.5, 0.6) is 0 Å². The molecule has 83 heavy (non-hydrogen) atoms. The number of carboxylic acid groups (broad SMARTS) is 2. The van der Waals surface area contributed by atoms with Gasteiger partial charge in [-0.2, -0.15) is 20.2 Å². The molecule has 6 saturated heterocycles. The van der Waals surface area contributed by atoms with Crippen molar-refractivity contribution in [3.05, 3.63) is 0 Å². The Morgan fingerprint density at radius 3 is 1.76 bits per heavy atom. The maximum atomic E-state index is 12.9. The number of amides is 6. The second kappa shape index (κ2) is 30.8. The monoisotopic (exact) mass is 1240 g/mol. The number of urea groups is 1. The number of fused-ring (bicyclic) bond motifs is 1. The van der Waals surface area contributed by atoms with Crippen LogP contribution in [0.2, 0.25) is 0 Å². The molecule has 23 atom stereocenters. The van der Waals surface area contributed by atoms with Crippen molar-refractivity contribution in [2.24, 2.45) is 0 Å². The van der Waals surface area contributed by atoms with Crippen molar-refractivity contribution in [1.29, 1.82) is 0 Å². The number of thioether (sulfide) groups is 1. The molecular weight excluding hydrogens is 1160 g/mol. The van der Waals surface area contributed by atoms with E-state index in [1.165, 1.54) is 0 Å². The van der Waals surface area contributed by atoms with Gasteiger partial charge in [-0.1, -0.05) is 12.8 Å². The van der Waals surface area contributed by atoms with Crippen LogP contribution >= 0.6 is 11.8 Å². The molecule has 37 heteroatoms. The summed E-state index contributed by atoms with van der Waals surface area (Å²) in [5.41, 5.74) is 0. The van der Waals surface area contributed by atoms with Crippen molar-refractivity contribution < 1.29 is 140 Å². The number of unbranched alkanes of at least 4 members (excludes halogenated alkanes) is 3. The fourth-order valence-corrected chi connectivity index (χ4v) is 12.0. The van der Waals surface area contributed by atoms with Crippen LogP contribution in [0, 0.1) is 0 Å². The maximum Gasteiger partial charge on any atom is 0.397 e. The highest BCUT2D eigenvalue weighted by atomic mass is 32.3. The van der Waals surface area contributed by atoms with Crippen LogP contribution in [0.15, 0.2) is 0 Å². The normalized spacial score (nSPS) is 38.0. The first-order valence-electron chi connectivity index (χ1n) is 26.6. The minimum atomic E-state index is -5.22. The number of rotatable bonds is 29. The molecule has 0 aromatic heterocycles. The third-order valence-corrected chi connectivity index (χ3v) is 16.3. The van der Waals surface area contributed by atoms with Gasteiger partial charge in [0.1, 0.15) is 85.3 Å². The lowest BCUT2D eigenvalue weighted by atomic mass is 9.94. The summed E-state index contributed by atoms with van der Waals surface area (Å²) in [5, 5.41) is 124. The fourth-order valence-electron chi connectivity index (χ4n) is 10.2. The van der Waals surface area contributed by atoms with Crippen molar-refractivity contribution in [3.63, 3.8) is 0 Å². The number of carboxylic acids is 2. The Labute approximate surface area is 477 Å². The molecule has 0 unspecified atom stereocenters. The van der Waals surface area contributed by atoms with E-state index in [4.69, 9.17) is 37.9 Å². The number of hydrogen-bond donors (Lipinski definition) is 17. The highest BCUT2D eigenvalue weighted by Gasteiger charge is 2.58. The molecule has 0 aliphatic carbocycles. The summed E-state index contributed by atoms with van der Waals surface area (Å²) in [4.78, 5) is 86.6. The van der Waals surface area contributed by atoms with E-state index in [2.05, 4.69) is 36.1 Å². The van der Waals surface area contributed by atoms with Gasteiger partial charge < -0.3 is 121 Å². The Morgan fingerprint density at radius 2 is 1.17 bits per heavy atom. The standard InChI is InChI=1S/C46H74N6O29S2/c1-17(54)49-26-35(29(59)21(15-74-83(70,71)72)76-42(26)73-13-12-48-24(57)9-4-3-7-11-47-23(56)10-6-5-8-22-25-19(16-82-22)51-46(69)52-25)77-45-34(64)32(62)37(39(81-45)41(67)68)79-43-27(50-18(2)55)36(28(58)20(14-53)75-43)78-44-33(63)30(60)31(61)38(80-44)40(65)66/h19-22,25-39,42-45,53,58-64H,3-16H2,1-2H3,(H,47,56)(H,48,57)(H,49,54)(H,50,55)(H,65,66)(H,67,68)(H2,51,52,69)(H,70,71,72)/t19-,20+,21+,22-,25-,26+,27+,28-,29-,30-,31-,32+,33+,34+,35+,36+,37-,38-,39-,42+,43-,44+,45+/m0/s1. The first-order valence-corrected chi connectivity index (χ1v) is 29.0. The zero-order valence-electron chi connectivity index (χ0n) is 44.8. The van der Waals surface area contributed by atoms with Crippen molar-refractivity contribution in [2.45, 2.75) is 205 Å². The summed E-state index contributed by atoms with van der Waals surface area (Å²) < 4.78 is 82.2. The average Bonchev–Trinajstić information content (AvgIpc) is 3.28. The van der Waals surface area contributed by atoms with E-state index in [9.17, 15) is 97.6 Å². The third kappa shape index (κ3) is 18.4. The van der Waals surface area contributed by atoms with Crippen molar-refractivity contribution in [1.82, 2.24) is 31.9 Å². The SMILES string of the molecule is CC(=O)N[C@H]1[C@H](O[C@H]2[C@H](O)[C@@H](O)[C@H](O[C@H]3[C@@H](O)[C@@H](COS(=O)(=O)O)O[C@@H](OCCNC(=O)CCCCCNC(=O)CCCC[C@@H]4SC[C@@H]5NC(=O)N[C@@H]54)[C@@H]3NC(C)=O)O[C@@H]2C(=O)O)O[C@H](CO)[C@H](O)[C@@H]1O[C@@H]1O[C@H](C(=O)O)[C@@H](O)[C@H](O)[C@H]1O. The van der Waals surface area contributed by atoms with Gasteiger partial charge in [-0.3, -0.25) is 23.7 Å². The first kappa shape index (κ1) is 67.8. The van der Waals surface area contributed by atoms with Gasteiger partial charge in [0.05, 0.1) is 31.9 Å². The number of aliphatic hydroxyl groups is 8. The number of hydrogen-bond acceptors (Lipinski definition) is 27. The maximum absolute atomic E-state index is 12.9. The van der Waals surface area contributed by atoms with Gasteiger partial charge in [0.25, 0.3) is 0 Å². The fraction of sp³-hybridized carbons (Fsp3) is 0.848. The van der Waals surface area contributed by atoms with E-state index in [-0.39, 0.29) is 37.0 Å². The number of aliphatic hydroxyl groups excluding tert-OH is 8. The van der Waals surface area contributed by atoms with Gasteiger partial charge in [-0.15, -0.1) is 0 Å². The predicted molar refractivity (Wildman–Crippen MR) is 271 cm³/mol. The highest BCUT2D eigenvalue weighted by molar-refractivity contribution is 8.00. The third-order valence-electron chi connectivity index (χ3n) is 14.3. The second-order valence-corrected chi connectivity index (χ2v) is 22.8. The van der Waals surface area contributed by atoms with Crippen molar-refractivity contribution in [3.8, 4) is 0 Å². The van der Waals surface area contributed by atoms with Crippen LogP contribution in [0.4, 0.5) is 4.79 Å². The van der Waals surface area contributed by atoms with Crippen LogP contribution < -0.4 is 31.9 Å². The molecule has 35 nitrogen and oxygen atoms in total. The van der Waals surface area contributed by atoms with E-state index in [1.54, 1.807) is 0 Å². The van der Waals surface area contributed by atoms with Crippen molar-refractivity contribution in [2.75, 3.05) is 38.7 Å². The number of ether oxygens (including phenoxy) is 8. The van der Waals surface area contributed by atoms with Crippen molar-refractivity contribution >= 4 is 63.8 Å². The molecule has 6 aliphatic rings. The van der Waals surface area contributed by atoms with Gasteiger partial charge in [-0.25, -0.2) is 18.6 Å². The molecule has 6 aliphatic heterocycles. The number of carbonyl (C=O) groups is 7. The number of carbonyl (C=O) groups excluding carboxylic acids is 5. The Morgan fingerprint density at radius 1 is 0.627 bits per heavy atom. The summed E-state index contributed by atoms with van der Waals surface area (Å²) >= 11 is 1.81. The Kier molecular flexibility index (Phi) is 25.2. The molecule has 0 spiro atoms. The lowest BCUT2D eigenvalue weighted by Crippen LogP contribution is -2.70. The number of nitrogens with one attached hydrogen (secondary N) is 6. The Bertz CT molecular complexity index is 2340. The quantitative estimate of drug-likeness (QED) is 0.0188. The topological polar surface area (TPSA) is 531 Å². The molecule has 0 radical (unpaired) electrons. The molecule has 0 saturated carbocycles. The average molecular weight is 1240 g/mol. The molecule has 0 bridgehead atoms.